The first-order valence-corrected chi connectivity index (χ1v) is 8.13. The van der Waals surface area contributed by atoms with E-state index in [-0.39, 0.29) is 23.8 Å². The lowest BCUT2D eigenvalue weighted by atomic mass is 10.00. The minimum absolute atomic E-state index is 0.0882. The Labute approximate surface area is 127 Å². The van der Waals surface area contributed by atoms with Gasteiger partial charge < -0.3 is 15.5 Å². The van der Waals surface area contributed by atoms with Crippen molar-refractivity contribution in [1.82, 2.24) is 20.4 Å². The van der Waals surface area contributed by atoms with Crippen LogP contribution in [0.5, 0.6) is 0 Å². The Bertz CT molecular complexity index is 367. The molecule has 6 nitrogen and oxygen atoms in total. The van der Waals surface area contributed by atoms with Crippen LogP contribution in [-0.4, -0.2) is 73.5 Å². The lowest BCUT2D eigenvalue weighted by molar-refractivity contribution is -0.137. The summed E-state index contributed by atoms with van der Waals surface area (Å²) in [6.07, 6.45) is 1.90. The zero-order chi connectivity index (χ0) is 15.2. The normalized spacial score (nSPS) is 26.9. The topological polar surface area (TPSA) is 64.7 Å². The molecule has 120 valence electrons. The molecule has 0 aromatic rings. The summed E-state index contributed by atoms with van der Waals surface area (Å²) in [6.45, 7) is 9.32. The molecule has 0 saturated carbocycles. The van der Waals surface area contributed by atoms with Crippen LogP contribution in [0.15, 0.2) is 0 Å². The second-order valence-electron chi connectivity index (χ2n) is 6.09. The molecule has 6 heteroatoms. The highest BCUT2D eigenvalue weighted by Crippen LogP contribution is 2.19. The largest absolute Gasteiger partial charge is 0.355 e. The second kappa shape index (κ2) is 7.75. The number of nitrogens with one attached hydrogen (secondary N) is 2. The molecule has 2 aliphatic rings. The van der Waals surface area contributed by atoms with Crippen LogP contribution >= 0.6 is 0 Å². The van der Waals surface area contributed by atoms with Gasteiger partial charge in [0.2, 0.25) is 11.8 Å². The molecule has 2 rings (SSSR count). The lowest BCUT2D eigenvalue weighted by Crippen LogP contribution is -2.53. The standard InChI is InChI=1S/C15H28N4O2/c1-3-5-17-14(20)11-18-7-9-19(10-8-18)15(21)13-4-6-16-12(13)2/h12-13,16H,3-11H2,1-2H3,(H,17,20). The molecule has 0 aromatic carbocycles. The quantitative estimate of drug-likeness (QED) is 0.728. The first-order valence-electron chi connectivity index (χ1n) is 8.13. The van der Waals surface area contributed by atoms with E-state index >= 15 is 0 Å². The maximum absolute atomic E-state index is 12.5. The summed E-state index contributed by atoms with van der Waals surface area (Å²) >= 11 is 0. The zero-order valence-corrected chi connectivity index (χ0v) is 13.2. The molecule has 2 atom stereocenters. The van der Waals surface area contributed by atoms with Gasteiger partial charge in [-0.2, -0.15) is 0 Å². The molecule has 0 aliphatic carbocycles. The van der Waals surface area contributed by atoms with Crippen LogP contribution in [0.2, 0.25) is 0 Å². The van der Waals surface area contributed by atoms with Gasteiger partial charge in [-0.3, -0.25) is 14.5 Å². The minimum Gasteiger partial charge on any atom is -0.355 e. The van der Waals surface area contributed by atoms with Crippen molar-refractivity contribution in [2.75, 3.05) is 45.8 Å². The third-order valence-corrected chi connectivity index (χ3v) is 4.47. The van der Waals surface area contributed by atoms with E-state index in [0.29, 0.717) is 6.54 Å². The molecule has 2 heterocycles. The van der Waals surface area contributed by atoms with Crippen LogP contribution in [0.25, 0.3) is 0 Å². The first kappa shape index (κ1) is 16.2. The van der Waals surface area contributed by atoms with Gasteiger partial charge in [-0.1, -0.05) is 6.92 Å². The SMILES string of the molecule is CCCNC(=O)CN1CCN(C(=O)C2CCNC2C)CC1. The number of nitrogens with zero attached hydrogens (tertiary/aromatic N) is 2. The Morgan fingerprint density at radius 1 is 1.24 bits per heavy atom. The van der Waals surface area contributed by atoms with Gasteiger partial charge in [0.25, 0.3) is 0 Å². The van der Waals surface area contributed by atoms with Crippen molar-refractivity contribution >= 4 is 11.8 Å². The maximum atomic E-state index is 12.5. The fraction of sp³-hybridized carbons (Fsp3) is 0.867. The van der Waals surface area contributed by atoms with E-state index < -0.39 is 0 Å². The third kappa shape index (κ3) is 4.41. The molecule has 2 amide bonds. The van der Waals surface area contributed by atoms with Gasteiger partial charge in [-0.15, -0.1) is 0 Å². The summed E-state index contributed by atoms with van der Waals surface area (Å²) in [4.78, 5) is 28.3. The summed E-state index contributed by atoms with van der Waals surface area (Å²) in [5.74, 6) is 0.497. The Kier molecular flexibility index (Phi) is 5.99. The van der Waals surface area contributed by atoms with Gasteiger partial charge in [-0.25, -0.2) is 0 Å². The highest BCUT2D eigenvalue weighted by atomic mass is 16.2. The van der Waals surface area contributed by atoms with Crippen molar-refractivity contribution in [3.05, 3.63) is 0 Å². The van der Waals surface area contributed by atoms with E-state index in [2.05, 4.69) is 22.5 Å². The van der Waals surface area contributed by atoms with Gasteiger partial charge in [0.1, 0.15) is 0 Å². The summed E-state index contributed by atoms with van der Waals surface area (Å²) in [5, 5.41) is 6.23. The summed E-state index contributed by atoms with van der Waals surface area (Å²) in [5.41, 5.74) is 0. The fourth-order valence-corrected chi connectivity index (χ4v) is 3.08. The Morgan fingerprint density at radius 3 is 2.52 bits per heavy atom. The van der Waals surface area contributed by atoms with Gasteiger partial charge in [0.15, 0.2) is 0 Å². The summed E-state index contributed by atoms with van der Waals surface area (Å²) < 4.78 is 0. The molecule has 2 fully saturated rings. The number of carbonyl (C=O) groups excluding carboxylic acids is 2. The van der Waals surface area contributed by atoms with Crippen molar-refractivity contribution in [2.24, 2.45) is 5.92 Å². The van der Waals surface area contributed by atoms with Crippen molar-refractivity contribution in [3.63, 3.8) is 0 Å². The number of hydrogen-bond acceptors (Lipinski definition) is 4. The van der Waals surface area contributed by atoms with Gasteiger partial charge in [-0.05, 0) is 26.3 Å². The van der Waals surface area contributed by atoms with E-state index in [0.717, 1.165) is 52.1 Å². The molecule has 0 spiro atoms. The van der Waals surface area contributed by atoms with E-state index in [1.54, 1.807) is 0 Å². The van der Waals surface area contributed by atoms with Crippen molar-refractivity contribution in [1.29, 1.82) is 0 Å². The molecular formula is C15H28N4O2. The first-order chi connectivity index (χ1) is 10.1. The molecule has 0 aromatic heterocycles. The number of hydrogen-bond donors (Lipinski definition) is 2. The van der Waals surface area contributed by atoms with Gasteiger partial charge >= 0.3 is 0 Å². The number of rotatable bonds is 5. The smallest absolute Gasteiger partial charge is 0.234 e. The number of amides is 2. The Morgan fingerprint density at radius 2 is 1.95 bits per heavy atom. The Balaban J connectivity index is 1.72. The third-order valence-electron chi connectivity index (χ3n) is 4.47. The van der Waals surface area contributed by atoms with Crippen LogP contribution in [0.3, 0.4) is 0 Å². The monoisotopic (exact) mass is 296 g/mol. The van der Waals surface area contributed by atoms with Crippen LogP contribution in [0.1, 0.15) is 26.7 Å². The van der Waals surface area contributed by atoms with E-state index in [9.17, 15) is 9.59 Å². The van der Waals surface area contributed by atoms with Crippen molar-refractivity contribution in [3.8, 4) is 0 Å². The van der Waals surface area contributed by atoms with Gasteiger partial charge in [0.05, 0.1) is 12.5 Å². The Hall–Kier alpha value is -1.14. The fourth-order valence-electron chi connectivity index (χ4n) is 3.08. The minimum atomic E-state index is 0.0882. The average Bonchev–Trinajstić information content (AvgIpc) is 2.91. The maximum Gasteiger partial charge on any atom is 0.234 e. The molecule has 0 radical (unpaired) electrons. The van der Waals surface area contributed by atoms with Crippen LogP contribution in [0, 0.1) is 5.92 Å². The highest BCUT2D eigenvalue weighted by molar-refractivity contribution is 5.80. The molecule has 21 heavy (non-hydrogen) atoms. The summed E-state index contributed by atoms with van der Waals surface area (Å²) in [7, 11) is 0. The van der Waals surface area contributed by atoms with Crippen LogP contribution in [0.4, 0.5) is 0 Å². The molecule has 2 N–H and O–H groups in total. The molecular weight excluding hydrogens is 268 g/mol. The molecule has 2 saturated heterocycles. The number of piperazine rings is 1. The summed E-state index contributed by atoms with van der Waals surface area (Å²) in [6, 6.07) is 0.287. The van der Waals surface area contributed by atoms with Crippen molar-refractivity contribution in [2.45, 2.75) is 32.7 Å². The average molecular weight is 296 g/mol. The van der Waals surface area contributed by atoms with E-state index in [4.69, 9.17) is 0 Å². The predicted molar refractivity (Wildman–Crippen MR) is 81.9 cm³/mol. The number of carbonyl (C=O) groups is 2. The molecule has 2 unspecified atom stereocenters. The highest BCUT2D eigenvalue weighted by Gasteiger charge is 2.33. The van der Waals surface area contributed by atoms with Crippen LogP contribution < -0.4 is 10.6 Å². The zero-order valence-electron chi connectivity index (χ0n) is 13.2. The second-order valence-corrected chi connectivity index (χ2v) is 6.09. The van der Waals surface area contributed by atoms with Gasteiger partial charge in [0, 0.05) is 38.8 Å². The van der Waals surface area contributed by atoms with E-state index in [1.807, 2.05) is 11.8 Å². The molecule has 0 bridgehead atoms. The van der Waals surface area contributed by atoms with Crippen LogP contribution in [-0.2, 0) is 9.59 Å². The molecule has 2 aliphatic heterocycles. The van der Waals surface area contributed by atoms with Crippen molar-refractivity contribution < 1.29 is 9.59 Å². The lowest BCUT2D eigenvalue weighted by Gasteiger charge is -2.36. The van der Waals surface area contributed by atoms with E-state index in [1.165, 1.54) is 0 Å². The predicted octanol–water partition coefficient (Wildman–Crippen LogP) is -0.345.